The highest BCUT2D eigenvalue weighted by Gasteiger charge is 2.27. The van der Waals surface area contributed by atoms with Crippen molar-refractivity contribution in [2.75, 3.05) is 20.3 Å². The molecule has 1 saturated carbocycles. The van der Waals surface area contributed by atoms with Crippen molar-refractivity contribution < 1.29 is 9.53 Å². The van der Waals surface area contributed by atoms with E-state index in [1.54, 1.807) is 7.11 Å². The third-order valence-electron chi connectivity index (χ3n) is 2.80. The summed E-state index contributed by atoms with van der Waals surface area (Å²) < 4.78 is 7.97. The summed E-state index contributed by atoms with van der Waals surface area (Å²) in [5, 5.41) is 2.91. The van der Waals surface area contributed by atoms with Crippen LogP contribution in [0.1, 0.15) is 35.8 Å². The van der Waals surface area contributed by atoms with Gasteiger partial charge < -0.3 is 14.6 Å². The summed E-state index contributed by atoms with van der Waals surface area (Å²) in [6.45, 7) is 1.33. The SMILES string of the molecule is COCCCNC(=O)c1cc(Br)cn1C1CC1. The highest BCUT2D eigenvalue weighted by molar-refractivity contribution is 9.10. The van der Waals surface area contributed by atoms with Gasteiger partial charge in [-0.05, 0) is 41.3 Å². The molecule has 0 aromatic carbocycles. The summed E-state index contributed by atoms with van der Waals surface area (Å²) in [7, 11) is 1.66. The van der Waals surface area contributed by atoms with E-state index >= 15 is 0 Å². The molecule has 0 unspecified atom stereocenters. The zero-order valence-corrected chi connectivity index (χ0v) is 11.5. The molecule has 0 spiro atoms. The molecule has 0 radical (unpaired) electrons. The number of nitrogens with one attached hydrogen (secondary N) is 1. The first kappa shape index (κ1) is 12.6. The van der Waals surface area contributed by atoms with Gasteiger partial charge in [0.15, 0.2) is 0 Å². The number of amides is 1. The predicted octanol–water partition coefficient (Wildman–Crippen LogP) is 2.35. The molecule has 2 rings (SSSR count). The minimum absolute atomic E-state index is 0.00120. The van der Waals surface area contributed by atoms with E-state index < -0.39 is 0 Å². The fraction of sp³-hybridized carbons (Fsp3) is 0.583. The van der Waals surface area contributed by atoms with Crippen molar-refractivity contribution in [3.05, 3.63) is 22.4 Å². The quantitative estimate of drug-likeness (QED) is 0.820. The number of carbonyl (C=O) groups excluding carboxylic acids is 1. The van der Waals surface area contributed by atoms with Gasteiger partial charge in [0.05, 0.1) is 0 Å². The first-order chi connectivity index (χ1) is 8.22. The lowest BCUT2D eigenvalue weighted by molar-refractivity contribution is 0.0939. The molecule has 4 nitrogen and oxygen atoms in total. The standard InChI is InChI=1S/C12H17BrN2O2/c1-17-6-2-5-14-12(16)11-7-9(13)8-15(11)10-3-4-10/h7-8,10H,2-6H2,1H3,(H,14,16). The van der Waals surface area contributed by atoms with Gasteiger partial charge in [-0.2, -0.15) is 0 Å². The normalized spacial score (nSPS) is 14.9. The fourth-order valence-electron chi connectivity index (χ4n) is 1.79. The van der Waals surface area contributed by atoms with E-state index in [0.29, 0.717) is 19.2 Å². The number of methoxy groups -OCH3 is 1. The lowest BCUT2D eigenvalue weighted by Crippen LogP contribution is -2.27. The van der Waals surface area contributed by atoms with Gasteiger partial charge in [-0.15, -0.1) is 0 Å². The van der Waals surface area contributed by atoms with Gasteiger partial charge >= 0.3 is 0 Å². The van der Waals surface area contributed by atoms with Crippen molar-refractivity contribution in [3.8, 4) is 0 Å². The molecule has 1 fully saturated rings. The topological polar surface area (TPSA) is 43.3 Å². The maximum atomic E-state index is 12.0. The molecule has 0 aliphatic heterocycles. The summed E-state index contributed by atoms with van der Waals surface area (Å²) in [5.41, 5.74) is 0.747. The molecule has 1 aromatic heterocycles. The average molecular weight is 301 g/mol. The van der Waals surface area contributed by atoms with Crippen molar-refractivity contribution in [3.63, 3.8) is 0 Å². The molecule has 94 valence electrons. The molecular weight excluding hydrogens is 284 g/mol. The van der Waals surface area contributed by atoms with Crippen LogP contribution in [0.2, 0.25) is 0 Å². The molecular formula is C12H17BrN2O2. The van der Waals surface area contributed by atoms with Crippen LogP contribution in [0, 0.1) is 0 Å². The molecule has 1 amide bonds. The van der Waals surface area contributed by atoms with E-state index in [0.717, 1.165) is 16.6 Å². The number of nitrogens with zero attached hydrogens (tertiary/aromatic N) is 1. The lowest BCUT2D eigenvalue weighted by Gasteiger charge is -2.08. The minimum Gasteiger partial charge on any atom is -0.385 e. The van der Waals surface area contributed by atoms with Gasteiger partial charge in [0, 0.05) is 37.0 Å². The number of hydrogen-bond acceptors (Lipinski definition) is 2. The Hall–Kier alpha value is -0.810. The van der Waals surface area contributed by atoms with Crippen molar-refractivity contribution in [1.82, 2.24) is 9.88 Å². The molecule has 17 heavy (non-hydrogen) atoms. The summed E-state index contributed by atoms with van der Waals surface area (Å²) in [5.74, 6) is -0.00120. The van der Waals surface area contributed by atoms with Crippen molar-refractivity contribution in [2.45, 2.75) is 25.3 Å². The Labute approximate surface area is 109 Å². The fourth-order valence-corrected chi connectivity index (χ4v) is 2.23. The van der Waals surface area contributed by atoms with Gasteiger partial charge in [0.25, 0.3) is 5.91 Å². The zero-order chi connectivity index (χ0) is 12.3. The number of hydrogen-bond donors (Lipinski definition) is 1. The zero-order valence-electron chi connectivity index (χ0n) is 9.91. The summed E-state index contributed by atoms with van der Waals surface area (Å²) in [6.07, 6.45) is 5.17. The number of aromatic nitrogens is 1. The molecule has 1 aromatic rings. The molecule has 1 heterocycles. The van der Waals surface area contributed by atoms with Crippen molar-refractivity contribution in [1.29, 1.82) is 0 Å². The third kappa shape index (κ3) is 3.33. The average Bonchev–Trinajstić information content (AvgIpc) is 3.08. The number of halogens is 1. The van der Waals surface area contributed by atoms with Crippen LogP contribution in [0.3, 0.4) is 0 Å². The monoisotopic (exact) mass is 300 g/mol. The van der Waals surface area contributed by atoms with Crippen molar-refractivity contribution >= 4 is 21.8 Å². The van der Waals surface area contributed by atoms with Crippen LogP contribution in [0.5, 0.6) is 0 Å². The Kier molecular flexibility index (Phi) is 4.23. The molecule has 5 heteroatoms. The maximum Gasteiger partial charge on any atom is 0.267 e. The second kappa shape index (κ2) is 5.69. The number of ether oxygens (including phenoxy) is 1. The van der Waals surface area contributed by atoms with E-state index in [9.17, 15) is 4.79 Å². The molecule has 0 atom stereocenters. The van der Waals surface area contributed by atoms with Gasteiger partial charge in [0.2, 0.25) is 0 Å². The van der Waals surface area contributed by atoms with Crippen molar-refractivity contribution in [2.24, 2.45) is 0 Å². The van der Waals surface area contributed by atoms with Crippen LogP contribution < -0.4 is 5.32 Å². The molecule has 1 N–H and O–H groups in total. The van der Waals surface area contributed by atoms with Crippen LogP contribution in [0.25, 0.3) is 0 Å². The summed E-state index contributed by atoms with van der Waals surface area (Å²) in [4.78, 5) is 12.0. The van der Waals surface area contributed by atoms with Crippen LogP contribution in [0.4, 0.5) is 0 Å². The van der Waals surface area contributed by atoms with E-state index in [1.165, 1.54) is 12.8 Å². The second-order valence-corrected chi connectivity index (χ2v) is 5.20. The summed E-state index contributed by atoms with van der Waals surface area (Å²) in [6, 6.07) is 2.39. The van der Waals surface area contributed by atoms with Crippen LogP contribution in [-0.2, 0) is 4.74 Å². The van der Waals surface area contributed by atoms with Crippen LogP contribution in [-0.4, -0.2) is 30.7 Å². The van der Waals surface area contributed by atoms with Gasteiger partial charge in [-0.3, -0.25) is 4.79 Å². The van der Waals surface area contributed by atoms with E-state index in [-0.39, 0.29) is 5.91 Å². The van der Waals surface area contributed by atoms with Gasteiger partial charge in [-0.1, -0.05) is 0 Å². The van der Waals surface area contributed by atoms with Crippen LogP contribution in [0.15, 0.2) is 16.7 Å². The predicted molar refractivity (Wildman–Crippen MR) is 69.2 cm³/mol. The number of carbonyl (C=O) groups is 1. The van der Waals surface area contributed by atoms with E-state index in [2.05, 4.69) is 25.8 Å². The number of rotatable bonds is 6. The Morgan fingerprint density at radius 1 is 1.65 bits per heavy atom. The third-order valence-corrected chi connectivity index (χ3v) is 3.23. The molecule has 1 aliphatic carbocycles. The smallest absolute Gasteiger partial charge is 0.267 e. The Bertz CT molecular complexity index is 399. The Balaban J connectivity index is 1.93. The molecule has 1 aliphatic rings. The van der Waals surface area contributed by atoms with E-state index in [4.69, 9.17) is 4.74 Å². The maximum absolute atomic E-state index is 12.0. The Morgan fingerprint density at radius 3 is 3.06 bits per heavy atom. The first-order valence-electron chi connectivity index (χ1n) is 5.87. The van der Waals surface area contributed by atoms with E-state index in [1.807, 2.05) is 12.3 Å². The molecule has 0 bridgehead atoms. The van der Waals surface area contributed by atoms with Gasteiger partial charge in [-0.25, -0.2) is 0 Å². The van der Waals surface area contributed by atoms with Gasteiger partial charge in [0.1, 0.15) is 5.69 Å². The Morgan fingerprint density at radius 2 is 2.41 bits per heavy atom. The highest BCUT2D eigenvalue weighted by atomic mass is 79.9. The molecule has 0 saturated heterocycles. The second-order valence-electron chi connectivity index (χ2n) is 4.28. The summed E-state index contributed by atoms with van der Waals surface area (Å²) >= 11 is 3.42. The highest BCUT2D eigenvalue weighted by Crippen LogP contribution is 2.37. The lowest BCUT2D eigenvalue weighted by atomic mass is 10.3. The first-order valence-corrected chi connectivity index (χ1v) is 6.66. The minimum atomic E-state index is -0.00120. The largest absolute Gasteiger partial charge is 0.385 e. The van der Waals surface area contributed by atoms with Crippen LogP contribution >= 0.6 is 15.9 Å².